The third kappa shape index (κ3) is 3.01. The zero-order valence-electron chi connectivity index (χ0n) is 10.5. The van der Waals surface area contributed by atoms with E-state index in [2.05, 4.69) is 0 Å². The summed E-state index contributed by atoms with van der Waals surface area (Å²) >= 11 is 0. The van der Waals surface area contributed by atoms with Gasteiger partial charge in [-0.3, -0.25) is 4.79 Å². The van der Waals surface area contributed by atoms with Crippen molar-refractivity contribution in [2.45, 2.75) is 6.92 Å². The third-order valence-electron chi connectivity index (χ3n) is 2.81. The number of ketones is 1. The van der Waals surface area contributed by atoms with Crippen LogP contribution in [-0.2, 0) is 0 Å². The summed E-state index contributed by atoms with van der Waals surface area (Å²) < 4.78 is 0. The summed E-state index contributed by atoms with van der Waals surface area (Å²) in [5, 5.41) is 19.0. The van der Waals surface area contributed by atoms with E-state index in [9.17, 15) is 15.0 Å². The molecule has 0 saturated heterocycles. The minimum absolute atomic E-state index is 0.0107. The zero-order valence-corrected chi connectivity index (χ0v) is 10.5. The summed E-state index contributed by atoms with van der Waals surface area (Å²) in [6.07, 6.45) is 1.47. The van der Waals surface area contributed by atoms with Gasteiger partial charge in [-0.2, -0.15) is 0 Å². The molecule has 3 nitrogen and oxygen atoms in total. The number of hydrogen-bond acceptors (Lipinski definition) is 3. The lowest BCUT2D eigenvalue weighted by atomic mass is 10.0. The molecular formula is C16H14O3. The summed E-state index contributed by atoms with van der Waals surface area (Å²) in [6, 6.07) is 13.2. The molecule has 0 amide bonds. The second-order valence-corrected chi connectivity index (χ2v) is 4.26. The Bertz CT molecular complexity index is 628. The Labute approximate surface area is 111 Å². The molecule has 0 aliphatic rings. The monoisotopic (exact) mass is 254 g/mol. The average molecular weight is 254 g/mol. The molecule has 0 bridgehead atoms. The maximum absolute atomic E-state index is 12.0. The maximum atomic E-state index is 12.0. The maximum Gasteiger partial charge on any atom is 0.186 e. The van der Waals surface area contributed by atoms with Crippen LogP contribution >= 0.6 is 0 Å². The molecule has 0 saturated carbocycles. The van der Waals surface area contributed by atoms with E-state index in [0.29, 0.717) is 16.7 Å². The fraction of sp³-hybridized carbons (Fsp3) is 0.0625. The van der Waals surface area contributed by atoms with Crippen molar-refractivity contribution < 1.29 is 15.0 Å². The Morgan fingerprint density at radius 2 is 1.74 bits per heavy atom. The van der Waals surface area contributed by atoms with E-state index in [-0.39, 0.29) is 17.3 Å². The minimum Gasteiger partial charge on any atom is -0.508 e. The van der Waals surface area contributed by atoms with Gasteiger partial charge in [0, 0.05) is 17.2 Å². The van der Waals surface area contributed by atoms with E-state index < -0.39 is 0 Å². The average Bonchev–Trinajstić information content (AvgIpc) is 2.39. The standard InChI is InChI=1S/C16H14O3/c1-11(14-8-7-13(17)10-16(14)19)9-15(18)12-5-3-2-4-6-12/h2-10,17,19H,1H3/b11-9-. The quantitative estimate of drug-likeness (QED) is 0.652. The Hall–Kier alpha value is -2.55. The molecule has 2 N–H and O–H groups in total. The van der Waals surface area contributed by atoms with Gasteiger partial charge in [-0.1, -0.05) is 30.3 Å². The minimum atomic E-state index is -0.120. The number of rotatable bonds is 3. The predicted molar refractivity (Wildman–Crippen MR) is 74.2 cm³/mol. The van der Waals surface area contributed by atoms with Crippen molar-refractivity contribution in [3.63, 3.8) is 0 Å². The highest BCUT2D eigenvalue weighted by Crippen LogP contribution is 2.28. The SMILES string of the molecule is C/C(=C/C(=O)c1ccccc1)c1ccc(O)cc1O. The van der Waals surface area contributed by atoms with Crippen molar-refractivity contribution in [3.8, 4) is 11.5 Å². The van der Waals surface area contributed by atoms with Crippen LogP contribution < -0.4 is 0 Å². The van der Waals surface area contributed by atoms with Crippen molar-refractivity contribution in [1.82, 2.24) is 0 Å². The Morgan fingerprint density at radius 1 is 1.05 bits per heavy atom. The van der Waals surface area contributed by atoms with Crippen LogP contribution in [0.25, 0.3) is 5.57 Å². The Kier molecular flexibility index (Phi) is 3.66. The highest BCUT2D eigenvalue weighted by Gasteiger charge is 2.07. The fourth-order valence-electron chi connectivity index (χ4n) is 1.81. The van der Waals surface area contributed by atoms with E-state index in [1.54, 1.807) is 37.3 Å². The first-order valence-electron chi connectivity index (χ1n) is 5.88. The van der Waals surface area contributed by atoms with Gasteiger partial charge < -0.3 is 10.2 Å². The van der Waals surface area contributed by atoms with Crippen molar-refractivity contribution in [2.24, 2.45) is 0 Å². The normalized spacial score (nSPS) is 11.3. The van der Waals surface area contributed by atoms with Crippen LogP contribution in [0.3, 0.4) is 0 Å². The van der Waals surface area contributed by atoms with Crippen LogP contribution in [0.15, 0.2) is 54.6 Å². The summed E-state index contributed by atoms with van der Waals surface area (Å²) in [5.41, 5.74) is 1.77. The van der Waals surface area contributed by atoms with Gasteiger partial charge >= 0.3 is 0 Å². The van der Waals surface area contributed by atoms with Gasteiger partial charge in [0.15, 0.2) is 5.78 Å². The molecule has 0 atom stereocenters. The van der Waals surface area contributed by atoms with E-state index >= 15 is 0 Å². The summed E-state index contributed by atoms with van der Waals surface area (Å²) in [6.45, 7) is 1.74. The van der Waals surface area contributed by atoms with Crippen LogP contribution in [0.5, 0.6) is 11.5 Å². The van der Waals surface area contributed by atoms with Gasteiger partial charge in [-0.05, 0) is 30.7 Å². The van der Waals surface area contributed by atoms with E-state index in [1.807, 2.05) is 6.07 Å². The lowest BCUT2D eigenvalue weighted by molar-refractivity contribution is 0.104. The molecule has 96 valence electrons. The molecule has 0 heterocycles. The second kappa shape index (κ2) is 5.40. The largest absolute Gasteiger partial charge is 0.508 e. The molecule has 0 unspecified atom stereocenters. The van der Waals surface area contributed by atoms with Crippen molar-refractivity contribution in [1.29, 1.82) is 0 Å². The molecule has 2 aromatic rings. The number of hydrogen-bond donors (Lipinski definition) is 2. The number of benzene rings is 2. The highest BCUT2D eigenvalue weighted by atomic mass is 16.3. The van der Waals surface area contributed by atoms with E-state index in [1.165, 1.54) is 18.2 Å². The lowest BCUT2D eigenvalue weighted by Crippen LogP contribution is -1.95. The summed E-state index contributed by atoms with van der Waals surface area (Å²) in [4.78, 5) is 12.0. The van der Waals surface area contributed by atoms with Crippen molar-refractivity contribution >= 4 is 11.4 Å². The van der Waals surface area contributed by atoms with Gasteiger partial charge in [0.1, 0.15) is 11.5 Å². The van der Waals surface area contributed by atoms with Gasteiger partial charge in [0.25, 0.3) is 0 Å². The van der Waals surface area contributed by atoms with Gasteiger partial charge in [-0.15, -0.1) is 0 Å². The number of carbonyl (C=O) groups is 1. The molecule has 0 fully saturated rings. The molecule has 0 radical (unpaired) electrons. The summed E-state index contributed by atoms with van der Waals surface area (Å²) in [5.74, 6) is -0.177. The highest BCUT2D eigenvalue weighted by molar-refractivity contribution is 6.08. The van der Waals surface area contributed by atoms with Crippen molar-refractivity contribution in [3.05, 3.63) is 65.7 Å². The molecule has 0 aliphatic carbocycles. The topological polar surface area (TPSA) is 57.5 Å². The number of carbonyl (C=O) groups excluding carboxylic acids is 1. The third-order valence-corrected chi connectivity index (χ3v) is 2.81. The first kappa shape index (κ1) is 12.9. The number of phenols is 2. The molecule has 0 aliphatic heterocycles. The summed E-state index contributed by atoms with van der Waals surface area (Å²) in [7, 11) is 0. The Morgan fingerprint density at radius 3 is 2.37 bits per heavy atom. The lowest BCUT2D eigenvalue weighted by Gasteiger charge is -2.05. The smallest absolute Gasteiger partial charge is 0.186 e. The zero-order chi connectivity index (χ0) is 13.8. The van der Waals surface area contributed by atoms with Crippen LogP contribution in [0.2, 0.25) is 0 Å². The van der Waals surface area contributed by atoms with Crippen LogP contribution in [0.4, 0.5) is 0 Å². The molecule has 2 rings (SSSR count). The molecular weight excluding hydrogens is 240 g/mol. The predicted octanol–water partition coefficient (Wildman–Crippen LogP) is 3.38. The number of phenolic OH excluding ortho intramolecular Hbond substituents is 2. The van der Waals surface area contributed by atoms with Crippen LogP contribution in [0.1, 0.15) is 22.8 Å². The molecule has 3 heteroatoms. The van der Waals surface area contributed by atoms with E-state index in [0.717, 1.165) is 0 Å². The molecule has 0 aromatic heterocycles. The fourth-order valence-corrected chi connectivity index (χ4v) is 1.81. The molecule has 2 aromatic carbocycles. The molecule has 19 heavy (non-hydrogen) atoms. The van der Waals surface area contributed by atoms with Gasteiger partial charge in [-0.25, -0.2) is 0 Å². The van der Waals surface area contributed by atoms with Gasteiger partial charge in [0.05, 0.1) is 0 Å². The van der Waals surface area contributed by atoms with Gasteiger partial charge in [0.2, 0.25) is 0 Å². The second-order valence-electron chi connectivity index (χ2n) is 4.26. The Balaban J connectivity index is 2.31. The first-order valence-corrected chi connectivity index (χ1v) is 5.88. The van der Waals surface area contributed by atoms with E-state index in [4.69, 9.17) is 0 Å². The first-order chi connectivity index (χ1) is 9.08. The van der Waals surface area contributed by atoms with Crippen molar-refractivity contribution in [2.75, 3.05) is 0 Å². The van der Waals surface area contributed by atoms with Crippen LogP contribution in [-0.4, -0.2) is 16.0 Å². The number of aromatic hydroxyl groups is 2. The molecule has 0 spiro atoms. The number of allylic oxidation sites excluding steroid dienone is 2. The van der Waals surface area contributed by atoms with Crippen LogP contribution in [0, 0.1) is 0 Å².